The van der Waals surface area contributed by atoms with E-state index in [4.69, 9.17) is 0 Å². The second-order valence-electron chi connectivity index (χ2n) is 8.66. The number of nitrogens with zero attached hydrogens (tertiary/aromatic N) is 1. The lowest BCUT2D eigenvalue weighted by Gasteiger charge is -2.19. The van der Waals surface area contributed by atoms with Gasteiger partial charge in [0.2, 0.25) is 0 Å². The van der Waals surface area contributed by atoms with Crippen molar-refractivity contribution in [3.63, 3.8) is 0 Å². The fraction of sp³-hybridized carbons (Fsp3) is 0.348. The number of rotatable bonds is 1. The summed E-state index contributed by atoms with van der Waals surface area (Å²) in [7, 11) is 0. The van der Waals surface area contributed by atoms with E-state index in [0.717, 1.165) is 0 Å². The summed E-state index contributed by atoms with van der Waals surface area (Å²) in [5.74, 6) is 0. The van der Waals surface area contributed by atoms with Crippen molar-refractivity contribution in [3.05, 3.63) is 66.0 Å². The first-order valence-corrected chi connectivity index (χ1v) is 8.66. The molecule has 24 heavy (non-hydrogen) atoms. The van der Waals surface area contributed by atoms with Crippen LogP contribution in [0.15, 0.2) is 54.9 Å². The minimum absolute atomic E-state index is 0.111. The smallest absolute Gasteiger partial charge is 0.0273 e. The fourth-order valence-electron chi connectivity index (χ4n) is 3.24. The van der Waals surface area contributed by atoms with Crippen LogP contribution in [0, 0.1) is 0 Å². The number of hydrogen-bond donors (Lipinski definition) is 0. The number of fused-ring (bicyclic) bond motifs is 1. The average Bonchev–Trinajstić information content (AvgIpc) is 2.72. The Morgan fingerprint density at radius 3 is 1.75 bits per heavy atom. The first-order chi connectivity index (χ1) is 11.2. The number of pyridine rings is 1. The van der Waals surface area contributed by atoms with E-state index < -0.39 is 0 Å². The van der Waals surface area contributed by atoms with Gasteiger partial charge in [-0.05, 0) is 62.4 Å². The maximum absolute atomic E-state index is 4.17. The Bertz CT molecular complexity index is 817. The molecule has 0 saturated heterocycles. The molecule has 0 unspecified atom stereocenters. The summed E-state index contributed by atoms with van der Waals surface area (Å²) in [4.78, 5) is 4.17. The van der Waals surface area contributed by atoms with Gasteiger partial charge >= 0.3 is 0 Å². The molecule has 0 saturated carbocycles. The van der Waals surface area contributed by atoms with Crippen LogP contribution in [0.4, 0.5) is 0 Å². The molecule has 0 N–H and O–H groups in total. The maximum atomic E-state index is 4.17. The van der Waals surface area contributed by atoms with Crippen LogP contribution in [0.1, 0.15) is 52.7 Å². The Kier molecular flexibility index (Phi) is 3.99. The van der Waals surface area contributed by atoms with E-state index in [2.05, 4.69) is 89.0 Å². The van der Waals surface area contributed by atoms with Crippen molar-refractivity contribution in [3.8, 4) is 22.3 Å². The summed E-state index contributed by atoms with van der Waals surface area (Å²) in [5.41, 5.74) is 8.23. The summed E-state index contributed by atoms with van der Waals surface area (Å²) in [6.45, 7) is 13.7. The number of hydrogen-bond acceptors (Lipinski definition) is 1. The Morgan fingerprint density at radius 1 is 0.625 bits per heavy atom. The van der Waals surface area contributed by atoms with E-state index in [9.17, 15) is 0 Å². The lowest BCUT2D eigenvalue weighted by molar-refractivity contribution is 0.590. The molecule has 0 aromatic carbocycles. The first kappa shape index (κ1) is 16.7. The van der Waals surface area contributed by atoms with E-state index in [1.807, 2.05) is 12.4 Å². The highest BCUT2D eigenvalue weighted by Gasteiger charge is 2.25. The molecule has 0 amide bonds. The third-order valence-electron chi connectivity index (χ3n) is 4.68. The monoisotopic (exact) mass is 317 g/mol. The molecule has 1 heterocycles. The summed E-state index contributed by atoms with van der Waals surface area (Å²) in [6, 6.07) is 15.7. The molecular weight excluding hydrogens is 290 g/mol. The van der Waals surface area contributed by atoms with Crippen molar-refractivity contribution in [2.45, 2.75) is 52.4 Å². The zero-order valence-corrected chi connectivity index (χ0v) is 15.6. The molecule has 0 fully saturated rings. The molecule has 2 aliphatic rings. The fourth-order valence-corrected chi connectivity index (χ4v) is 3.24. The second kappa shape index (κ2) is 5.73. The largest absolute Gasteiger partial charge is 0.265 e. The molecule has 2 aliphatic carbocycles. The van der Waals surface area contributed by atoms with Gasteiger partial charge in [0.15, 0.2) is 0 Å². The second-order valence-corrected chi connectivity index (χ2v) is 8.66. The maximum Gasteiger partial charge on any atom is 0.0273 e. The van der Waals surface area contributed by atoms with Crippen LogP contribution in [0.25, 0.3) is 22.3 Å². The highest BCUT2D eigenvalue weighted by Crippen LogP contribution is 2.43. The van der Waals surface area contributed by atoms with Crippen LogP contribution in [0.3, 0.4) is 0 Å². The molecule has 0 spiro atoms. The van der Waals surface area contributed by atoms with Crippen molar-refractivity contribution in [2.24, 2.45) is 0 Å². The van der Waals surface area contributed by atoms with Crippen molar-refractivity contribution in [2.75, 3.05) is 0 Å². The van der Waals surface area contributed by atoms with Gasteiger partial charge in [-0.15, -0.1) is 0 Å². The normalized spacial score (nSPS) is 12.6. The molecule has 1 nitrogen and oxygen atoms in total. The Morgan fingerprint density at radius 2 is 1.21 bits per heavy atom. The van der Waals surface area contributed by atoms with Crippen LogP contribution in [-0.4, -0.2) is 4.98 Å². The molecule has 124 valence electrons. The lowest BCUT2D eigenvalue weighted by atomic mass is 9.85. The zero-order valence-electron chi connectivity index (χ0n) is 15.6. The van der Waals surface area contributed by atoms with Gasteiger partial charge in [-0.2, -0.15) is 0 Å². The van der Waals surface area contributed by atoms with Crippen LogP contribution >= 0.6 is 0 Å². The molecule has 0 aliphatic heterocycles. The van der Waals surface area contributed by atoms with Crippen LogP contribution in [0.2, 0.25) is 0 Å². The third kappa shape index (κ3) is 3.08. The molecule has 1 aromatic rings. The summed E-state index contributed by atoms with van der Waals surface area (Å²) in [5, 5.41) is 0. The lowest BCUT2D eigenvalue weighted by Crippen LogP contribution is -2.10. The van der Waals surface area contributed by atoms with E-state index in [1.54, 1.807) is 0 Å². The predicted molar refractivity (Wildman–Crippen MR) is 104 cm³/mol. The molecule has 3 rings (SSSR count). The predicted octanol–water partition coefficient (Wildman–Crippen LogP) is 6.45. The molecular formula is C23H27N. The third-order valence-corrected chi connectivity index (χ3v) is 4.68. The Labute approximate surface area is 146 Å². The van der Waals surface area contributed by atoms with Gasteiger partial charge in [-0.1, -0.05) is 65.8 Å². The molecule has 0 radical (unpaired) electrons. The molecule has 0 bridgehead atoms. The standard InChI is InChI=1S/C23H27N/c1-22(2,3)17-7-9-18-19(10-8-17)21(23(4,5)6)15-20(18)16-11-13-24-14-12-16/h7-15H,1-6H3. The summed E-state index contributed by atoms with van der Waals surface area (Å²) in [6.07, 6.45) is 3.74. The van der Waals surface area contributed by atoms with E-state index in [1.165, 1.54) is 33.4 Å². The van der Waals surface area contributed by atoms with E-state index in [0.29, 0.717) is 0 Å². The Hall–Kier alpha value is -2.15. The van der Waals surface area contributed by atoms with Crippen molar-refractivity contribution in [1.82, 2.24) is 4.98 Å². The van der Waals surface area contributed by atoms with E-state index >= 15 is 0 Å². The minimum Gasteiger partial charge on any atom is -0.265 e. The van der Waals surface area contributed by atoms with Gasteiger partial charge in [0, 0.05) is 12.4 Å². The van der Waals surface area contributed by atoms with E-state index in [-0.39, 0.29) is 10.8 Å². The highest BCUT2D eigenvalue weighted by atomic mass is 14.6. The van der Waals surface area contributed by atoms with Gasteiger partial charge in [0.25, 0.3) is 0 Å². The SMILES string of the molecule is CC(C)(C)c1ccc2c(-c3ccncc3)cc(C(C)(C)C)c-2cc1. The zero-order chi connectivity index (χ0) is 17.5. The van der Waals surface area contributed by atoms with Gasteiger partial charge in [0.1, 0.15) is 0 Å². The average molecular weight is 317 g/mol. The van der Waals surface area contributed by atoms with Gasteiger partial charge in [-0.25, -0.2) is 0 Å². The topological polar surface area (TPSA) is 12.9 Å². The summed E-state index contributed by atoms with van der Waals surface area (Å²) < 4.78 is 0. The molecule has 1 aromatic heterocycles. The van der Waals surface area contributed by atoms with Gasteiger partial charge in [0.05, 0.1) is 0 Å². The van der Waals surface area contributed by atoms with Crippen LogP contribution < -0.4 is 0 Å². The van der Waals surface area contributed by atoms with Gasteiger partial charge in [-0.3, -0.25) is 4.98 Å². The quantitative estimate of drug-likeness (QED) is 0.502. The Balaban J connectivity index is 2.30. The highest BCUT2D eigenvalue weighted by molar-refractivity contribution is 5.89. The molecule has 0 atom stereocenters. The van der Waals surface area contributed by atoms with Crippen LogP contribution in [0.5, 0.6) is 0 Å². The van der Waals surface area contributed by atoms with Gasteiger partial charge < -0.3 is 0 Å². The summed E-state index contributed by atoms with van der Waals surface area (Å²) >= 11 is 0. The van der Waals surface area contributed by atoms with Crippen LogP contribution in [-0.2, 0) is 10.8 Å². The molecule has 1 heteroatoms. The minimum atomic E-state index is 0.111. The number of aromatic nitrogens is 1. The first-order valence-electron chi connectivity index (χ1n) is 8.66. The van der Waals surface area contributed by atoms with Crippen molar-refractivity contribution < 1.29 is 0 Å². The van der Waals surface area contributed by atoms with Crippen molar-refractivity contribution >= 4 is 0 Å². The van der Waals surface area contributed by atoms with Crippen molar-refractivity contribution in [1.29, 1.82) is 0 Å².